The van der Waals surface area contributed by atoms with E-state index in [0.29, 0.717) is 23.5 Å². The summed E-state index contributed by atoms with van der Waals surface area (Å²) < 4.78 is 1.75. The summed E-state index contributed by atoms with van der Waals surface area (Å²) in [6.45, 7) is 1.71. The van der Waals surface area contributed by atoms with Gasteiger partial charge in [0.25, 0.3) is 0 Å². The van der Waals surface area contributed by atoms with Crippen LogP contribution in [0.15, 0.2) is 48.7 Å². The third-order valence-corrected chi connectivity index (χ3v) is 5.61. The van der Waals surface area contributed by atoms with Gasteiger partial charge in [0.05, 0.1) is 5.52 Å². The molecule has 0 aliphatic heterocycles. The Labute approximate surface area is 175 Å². The van der Waals surface area contributed by atoms with E-state index in [-0.39, 0.29) is 11.7 Å². The fraction of sp³-hybridized carbons (Fsp3) is 0.292. The number of phenols is 1. The highest BCUT2D eigenvalue weighted by atomic mass is 16.3. The fourth-order valence-corrected chi connectivity index (χ4v) is 3.90. The van der Waals surface area contributed by atoms with Gasteiger partial charge in [-0.15, -0.1) is 0 Å². The van der Waals surface area contributed by atoms with E-state index in [1.807, 2.05) is 30.5 Å². The number of nitrogens with two attached hydrogens (primary N) is 1. The molecule has 0 spiro atoms. The monoisotopic (exact) mass is 405 g/mol. The smallest absolute Gasteiger partial charge is 0.248 e. The Bertz CT molecular complexity index is 1080. The molecule has 6 heteroatoms. The van der Waals surface area contributed by atoms with Gasteiger partial charge in [-0.25, -0.2) is 0 Å². The molecule has 30 heavy (non-hydrogen) atoms. The number of aromatic nitrogens is 1. The minimum absolute atomic E-state index is 0.176. The van der Waals surface area contributed by atoms with Crippen molar-refractivity contribution in [3.8, 4) is 5.75 Å². The Morgan fingerprint density at radius 2 is 1.93 bits per heavy atom. The molecule has 1 fully saturated rings. The van der Waals surface area contributed by atoms with E-state index >= 15 is 0 Å². The van der Waals surface area contributed by atoms with Crippen LogP contribution in [0.5, 0.6) is 5.75 Å². The molecule has 1 amide bonds. The Morgan fingerprint density at radius 1 is 1.20 bits per heavy atom. The third-order valence-electron chi connectivity index (χ3n) is 5.61. The first kappa shape index (κ1) is 21.3. The first-order valence-electron chi connectivity index (χ1n) is 10.1. The van der Waals surface area contributed by atoms with E-state index in [9.17, 15) is 9.59 Å². The van der Waals surface area contributed by atoms with E-state index in [1.54, 1.807) is 17.6 Å². The second-order valence-corrected chi connectivity index (χ2v) is 7.72. The van der Waals surface area contributed by atoms with Crippen LogP contribution in [0.3, 0.4) is 0 Å². The summed E-state index contributed by atoms with van der Waals surface area (Å²) in [7, 11) is 0. The number of carbonyl (C=O) groups excluding carboxylic acids is 2. The molecule has 4 rings (SSSR count). The quantitative estimate of drug-likeness (QED) is 0.549. The molecule has 1 aliphatic rings. The highest BCUT2D eigenvalue weighted by Crippen LogP contribution is 2.29. The normalized spacial score (nSPS) is 13.6. The van der Waals surface area contributed by atoms with Crippen molar-refractivity contribution in [1.29, 1.82) is 5.41 Å². The van der Waals surface area contributed by atoms with Gasteiger partial charge in [-0.05, 0) is 61.6 Å². The number of primary amides is 1. The predicted octanol–water partition coefficient (Wildman–Crippen LogP) is 4.66. The molecule has 0 unspecified atom stereocenters. The standard InChI is InChI=1S/C16H18N2O.C8H9NO2/c17-11-13-6-3-7-15-14(13)8-9-18(15)16(19)10-12-4-1-2-5-12;1-5-4-6(8(9)11)2-3-7(5)10/h3,6-9,11-12,17H,1-2,4-5,10H2;2-4,10H,1H3,(H2,9,11). The molecule has 1 aromatic heterocycles. The number of aromatic hydroxyl groups is 1. The predicted molar refractivity (Wildman–Crippen MR) is 118 cm³/mol. The van der Waals surface area contributed by atoms with Crippen LogP contribution in [0.2, 0.25) is 0 Å². The number of hydrogen-bond donors (Lipinski definition) is 3. The van der Waals surface area contributed by atoms with E-state index in [1.165, 1.54) is 44.0 Å². The van der Waals surface area contributed by atoms with Crippen LogP contribution in [0.1, 0.15) is 58.4 Å². The number of aryl methyl sites for hydroxylation is 1. The molecule has 1 saturated carbocycles. The molecule has 156 valence electrons. The van der Waals surface area contributed by atoms with Gasteiger partial charge in [0.1, 0.15) is 5.75 Å². The summed E-state index contributed by atoms with van der Waals surface area (Å²) in [4.78, 5) is 23.0. The SMILES string of the molecule is Cc1cc(C(N)=O)ccc1O.N=Cc1cccc2c1ccn2C(=O)CC1CCCC1. The van der Waals surface area contributed by atoms with Crippen LogP contribution < -0.4 is 5.73 Å². The number of amides is 1. The van der Waals surface area contributed by atoms with Gasteiger partial charge in [-0.2, -0.15) is 0 Å². The van der Waals surface area contributed by atoms with Crippen LogP contribution in [0.25, 0.3) is 10.9 Å². The van der Waals surface area contributed by atoms with Crippen molar-refractivity contribution in [2.24, 2.45) is 11.7 Å². The first-order valence-corrected chi connectivity index (χ1v) is 10.1. The number of phenolic OH excluding ortho intramolecular Hbond substituents is 1. The molecule has 6 nitrogen and oxygen atoms in total. The molecule has 0 radical (unpaired) electrons. The Hall–Kier alpha value is -3.41. The van der Waals surface area contributed by atoms with Crippen LogP contribution in [0, 0.1) is 18.3 Å². The lowest BCUT2D eigenvalue weighted by atomic mass is 10.0. The van der Waals surface area contributed by atoms with Gasteiger partial charge < -0.3 is 16.2 Å². The van der Waals surface area contributed by atoms with Crippen molar-refractivity contribution in [1.82, 2.24) is 4.57 Å². The summed E-state index contributed by atoms with van der Waals surface area (Å²) in [5.41, 5.74) is 7.87. The number of carbonyl (C=O) groups is 2. The molecule has 1 aliphatic carbocycles. The zero-order valence-electron chi connectivity index (χ0n) is 17.1. The number of rotatable bonds is 4. The molecule has 0 saturated heterocycles. The summed E-state index contributed by atoms with van der Waals surface area (Å²) >= 11 is 0. The molecule has 3 aromatic rings. The Balaban J connectivity index is 0.000000199. The van der Waals surface area contributed by atoms with Gasteiger partial charge in [-0.1, -0.05) is 25.0 Å². The minimum atomic E-state index is -0.479. The summed E-state index contributed by atoms with van der Waals surface area (Å²) in [5, 5.41) is 17.5. The zero-order chi connectivity index (χ0) is 21.7. The maximum absolute atomic E-state index is 12.4. The highest BCUT2D eigenvalue weighted by molar-refractivity contribution is 6.01. The second-order valence-electron chi connectivity index (χ2n) is 7.72. The summed E-state index contributed by atoms with van der Waals surface area (Å²) in [5.74, 6) is 0.447. The fourth-order valence-electron chi connectivity index (χ4n) is 3.90. The van der Waals surface area contributed by atoms with E-state index in [0.717, 1.165) is 16.5 Å². The lowest BCUT2D eigenvalue weighted by Crippen LogP contribution is -2.13. The number of benzene rings is 2. The average molecular weight is 405 g/mol. The molecule has 0 bridgehead atoms. The summed E-state index contributed by atoms with van der Waals surface area (Å²) in [6, 6.07) is 12.2. The topological polar surface area (TPSA) is 109 Å². The van der Waals surface area contributed by atoms with Crippen molar-refractivity contribution in [2.45, 2.75) is 39.0 Å². The first-order chi connectivity index (χ1) is 14.4. The lowest BCUT2D eigenvalue weighted by Gasteiger charge is -2.09. The Kier molecular flexibility index (Phi) is 6.67. The number of hydrogen-bond acceptors (Lipinski definition) is 4. The van der Waals surface area contributed by atoms with Crippen molar-refractivity contribution in [2.75, 3.05) is 0 Å². The van der Waals surface area contributed by atoms with Crippen molar-refractivity contribution in [3.63, 3.8) is 0 Å². The average Bonchev–Trinajstić information content (AvgIpc) is 3.39. The van der Waals surface area contributed by atoms with Crippen molar-refractivity contribution >= 4 is 28.9 Å². The maximum Gasteiger partial charge on any atom is 0.248 e. The van der Waals surface area contributed by atoms with Crippen molar-refractivity contribution < 1.29 is 14.7 Å². The molecule has 2 aromatic carbocycles. The third kappa shape index (κ3) is 4.76. The van der Waals surface area contributed by atoms with Crippen LogP contribution >= 0.6 is 0 Å². The van der Waals surface area contributed by atoms with E-state index in [4.69, 9.17) is 16.2 Å². The van der Waals surface area contributed by atoms with E-state index < -0.39 is 5.91 Å². The molecule has 0 atom stereocenters. The minimum Gasteiger partial charge on any atom is -0.508 e. The molecular weight excluding hydrogens is 378 g/mol. The second kappa shape index (κ2) is 9.39. The molecule has 4 N–H and O–H groups in total. The number of fused-ring (bicyclic) bond motifs is 1. The van der Waals surface area contributed by atoms with Gasteiger partial charge in [0.15, 0.2) is 0 Å². The largest absolute Gasteiger partial charge is 0.508 e. The van der Waals surface area contributed by atoms with Gasteiger partial charge in [0, 0.05) is 35.3 Å². The van der Waals surface area contributed by atoms with Crippen molar-refractivity contribution in [3.05, 3.63) is 65.4 Å². The van der Waals surface area contributed by atoms with Crippen LogP contribution in [-0.2, 0) is 0 Å². The molecular formula is C24H27N3O3. The van der Waals surface area contributed by atoms with Gasteiger partial charge >= 0.3 is 0 Å². The highest BCUT2D eigenvalue weighted by Gasteiger charge is 2.20. The number of nitrogens with zero attached hydrogens (tertiary/aromatic N) is 1. The van der Waals surface area contributed by atoms with Gasteiger partial charge in [0.2, 0.25) is 11.8 Å². The van der Waals surface area contributed by atoms with E-state index in [2.05, 4.69) is 0 Å². The Morgan fingerprint density at radius 3 is 2.57 bits per heavy atom. The van der Waals surface area contributed by atoms with Crippen LogP contribution in [-0.4, -0.2) is 27.7 Å². The zero-order valence-corrected chi connectivity index (χ0v) is 17.1. The molecule has 1 heterocycles. The number of nitrogens with one attached hydrogen (secondary N) is 1. The maximum atomic E-state index is 12.4. The lowest BCUT2D eigenvalue weighted by molar-refractivity contribution is 0.0885. The van der Waals surface area contributed by atoms with Crippen LogP contribution in [0.4, 0.5) is 0 Å². The summed E-state index contributed by atoms with van der Waals surface area (Å²) in [6.07, 6.45) is 8.75. The van der Waals surface area contributed by atoms with Gasteiger partial charge in [-0.3, -0.25) is 14.2 Å².